The summed E-state index contributed by atoms with van der Waals surface area (Å²) in [6.45, 7) is 3.91. The Balaban J connectivity index is 1.98. The summed E-state index contributed by atoms with van der Waals surface area (Å²) in [5.41, 5.74) is 0.861. The lowest BCUT2D eigenvalue weighted by molar-refractivity contribution is 0.101. The van der Waals surface area contributed by atoms with Gasteiger partial charge in [-0.3, -0.25) is 4.79 Å². The summed E-state index contributed by atoms with van der Waals surface area (Å²) in [5.74, 6) is -0.520. The van der Waals surface area contributed by atoms with Crippen LogP contribution in [0.3, 0.4) is 0 Å². The van der Waals surface area contributed by atoms with Gasteiger partial charge in [0.15, 0.2) is 0 Å². The van der Waals surface area contributed by atoms with Gasteiger partial charge in [-0.05, 0) is 38.1 Å². The number of amides is 1. The largest absolute Gasteiger partial charge is 0.486 e. The van der Waals surface area contributed by atoms with Crippen molar-refractivity contribution in [2.45, 2.75) is 25.9 Å². The van der Waals surface area contributed by atoms with Crippen molar-refractivity contribution in [2.24, 2.45) is 0 Å². The van der Waals surface area contributed by atoms with E-state index in [0.717, 1.165) is 10.0 Å². The summed E-state index contributed by atoms with van der Waals surface area (Å²) >= 11 is 9.43. The molecular formula is C17H14BrClFNO2. The van der Waals surface area contributed by atoms with Gasteiger partial charge < -0.3 is 10.1 Å². The van der Waals surface area contributed by atoms with Crippen LogP contribution in [0.15, 0.2) is 34.8 Å². The van der Waals surface area contributed by atoms with Gasteiger partial charge in [-0.25, -0.2) is 4.39 Å². The average Bonchev–Trinajstić information content (AvgIpc) is 2.79. The van der Waals surface area contributed by atoms with E-state index in [4.69, 9.17) is 16.3 Å². The lowest BCUT2D eigenvalue weighted by Crippen LogP contribution is -2.25. The van der Waals surface area contributed by atoms with Crippen molar-refractivity contribution in [2.75, 3.05) is 5.32 Å². The molecule has 0 bridgehead atoms. The number of carbonyl (C=O) groups is 1. The van der Waals surface area contributed by atoms with Crippen LogP contribution in [0, 0.1) is 5.82 Å². The molecule has 1 heterocycles. The second-order valence-electron chi connectivity index (χ2n) is 5.99. The van der Waals surface area contributed by atoms with Crippen molar-refractivity contribution in [3.05, 3.63) is 56.8 Å². The first-order valence-electron chi connectivity index (χ1n) is 7.04. The van der Waals surface area contributed by atoms with E-state index in [-0.39, 0.29) is 10.7 Å². The van der Waals surface area contributed by atoms with Crippen molar-refractivity contribution >= 4 is 39.1 Å². The molecule has 0 unspecified atom stereocenters. The molecule has 1 amide bonds. The van der Waals surface area contributed by atoms with Crippen LogP contribution < -0.4 is 10.1 Å². The molecule has 0 spiro atoms. The second-order valence-corrected chi connectivity index (χ2v) is 7.25. The number of para-hydroxylation sites is 1. The zero-order chi connectivity index (χ0) is 16.8. The van der Waals surface area contributed by atoms with Gasteiger partial charge in [0, 0.05) is 16.5 Å². The van der Waals surface area contributed by atoms with Crippen molar-refractivity contribution < 1.29 is 13.9 Å². The summed E-state index contributed by atoms with van der Waals surface area (Å²) in [6.07, 6.45) is 0.685. The van der Waals surface area contributed by atoms with Crippen LogP contribution in [-0.4, -0.2) is 11.5 Å². The first-order valence-corrected chi connectivity index (χ1v) is 8.21. The third kappa shape index (κ3) is 3.08. The third-order valence-electron chi connectivity index (χ3n) is 3.63. The quantitative estimate of drug-likeness (QED) is 0.754. The average molecular weight is 399 g/mol. The highest BCUT2D eigenvalue weighted by Gasteiger charge is 2.35. The van der Waals surface area contributed by atoms with Gasteiger partial charge in [0.25, 0.3) is 5.91 Å². The maximum Gasteiger partial charge on any atom is 0.259 e. The number of benzene rings is 2. The van der Waals surface area contributed by atoms with Crippen molar-refractivity contribution in [3.63, 3.8) is 0 Å². The van der Waals surface area contributed by atoms with Gasteiger partial charge in [-0.15, -0.1) is 0 Å². The number of fused-ring (bicyclic) bond motifs is 1. The topological polar surface area (TPSA) is 38.3 Å². The number of nitrogens with one attached hydrogen (secondary N) is 1. The summed E-state index contributed by atoms with van der Waals surface area (Å²) in [5, 5.41) is 2.68. The number of hydrogen-bond donors (Lipinski definition) is 1. The Labute approximate surface area is 146 Å². The molecule has 0 fully saturated rings. The smallest absolute Gasteiger partial charge is 0.259 e. The monoisotopic (exact) mass is 397 g/mol. The van der Waals surface area contributed by atoms with E-state index in [2.05, 4.69) is 21.2 Å². The summed E-state index contributed by atoms with van der Waals surface area (Å²) in [4.78, 5) is 12.6. The zero-order valence-electron chi connectivity index (χ0n) is 12.5. The Morgan fingerprint density at radius 3 is 2.78 bits per heavy atom. The second kappa shape index (κ2) is 5.80. The van der Waals surface area contributed by atoms with Gasteiger partial charge >= 0.3 is 0 Å². The predicted molar refractivity (Wildman–Crippen MR) is 91.9 cm³/mol. The lowest BCUT2D eigenvalue weighted by atomic mass is 10.0. The summed E-state index contributed by atoms with van der Waals surface area (Å²) in [6, 6.07) is 7.69. The van der Waals surface area contributed by atoms with Crippen LogP contribution in [0.5, 0.6) is 5.75 Å². The first-order chi connectivity index (χ1) is 10.8. The fourth-order valence-electron chi connectivity index (χ4n) is 2.60. The van der Waals surface area contributed by atoms with E-state index >= 15 is 0 Å². The molecule has 3 nitrogen and oxygen atoms in total. The zero-order valence-corrected chi connectivity index (χ0v) is 14.9. The van der Waals surface area contributed by atoms with Gasteiger partial charge in [0.05, 0.1) is 16.3 Å². The first kappa shape index (κ1) is 16.3. The minimum absolute atomic E-state index is 0.0342. The fourth-order valence-corrected chi connectivity index (χ4v) is 3.26. The number of anilines is 1. The van der Waals surface area contributed by atoms with Gasteiger partial charge in [0.1, 0.15) is 17.2 Å². The number of halogens is 3. The van der Waals surface area contributed by atoms with E-state index in [9.17, 15) is 9.18 Å². The number of carbonyl (C=O) groups excluding carboxylic acids is 1. The van der Waals surface area contributed by atoms with Crippen LogP contribution in [0.4, 0.5) is 10.1 Å². The molecular weight excluding hydrogens is 385 g/mol. The Kier molecular flexibility index (Phi) is 4.10. The maximum atomic E-state index is 13.8. The molecule has 0 radical (unpaired) electrons. The Bertz CT molecular complexity index is 787. The highest BCUT2D eigenvalue weighted by molar-refractivity contribution is 9.10. The molecule has 23 heavy (non-hydrogen) atoms. The molecule has 2 aromatic carbocycles. The van der Waals surface area contributed by atoms with Crippen LogP contribution in [-0.2, 0) is 6.42 Å². The summed E-state index contributed by atoms with van der Waals surface area (Å²) < 4.78 is 20.6. The molecule has 0 saturated heterocycles. The van der Waals surface area contributed by atoms with E-state index in [0.29, 0.717) is 17.7 Å². The SMILES string of the molecule is CC1(C)Cc2c(Br)ccc(C(=O)Nc3c(F)cccc3Cl)c2O1. The molecule has 6 heteroatoms. The minimum atomic E-state index is -0.583. The van der Waals surface area contributed by atoms with Crippen LogP contribution >= 0.6 is 27.5 Å². The lowest BCUT2D eigenvalue weighted by Gasteiger charge is -2.18. The molecule has 1 aliphatic heterocycles. The van der Waals surface area contributed by atoms with Crippen LogP contribution in [0.1, 0.15) is 29.8 Å². The van der Waals surface area contributed by atoms with Crippen molar-refractivity contribution in [1.29, 1.82) is 0 Å². The Hall–Kier alpha value is -1.59. The van der Waals surface area contributed by atoms with Gasteiger partial charge in [0.2, 0.25) is 0 Å². The normalized spacial score (nSPS) is 15.0. The van der Waals surface area contributed by atoms with Crippen molar-refractivity contribution in [3.8, 4) is 5.75 Å². The molecule has 120 valence electrons. The Morgan fingerprint density at radius 2 is 2.09 bits per heavy atom. The maximum absolute atomic E-state index is 13.8. The number of ether oxygens (including phenoxy) is 1. The van der Waals surface area contributed by atoms with Gasteiger partial charge in [-0.1, -0.05) is 33.6 Å². The molecule has 0 saturated carbocycles. The highest BCUT2D eigenvalue weighted by atomic mass is 79.9. The Morgan fingerprint density at radius 1 is 1.35 bits per heavy atom. The van der Waals surface area contributed by atoms with Crippen LogP contribution in [0.2, 0.25) is 5.02 Å². The number of rotatable bonds is 2. The third-order valence-corrected chi connectivity index (χ3v) is 4.69. The van der Waals surface area contributed by atoms with Crippen LogP contribution in [0.25, 0.3) is 0 Å². The summed E-state index contributed by atoms with van der Waals surface area (Å²) in [7, 11) is 0. The molecule has 3 rings (SSSR count). The van der Waals surface area contributed by atoms with Crippen molar-refractivity contribution in [1.82, 2.24) is 0 Å². The molecule has 1 N–H and O–H groups in total. The van der Waals surface area contributed by atoms with E-state index in [1.54, 1.807) is 12.1 Å². The van der Waals surface area contributed by atoms with E-state index < -0.39 is 17.3 Å². The molecule has 0 atom stereocenters. The minimum Gasteiger partial charge on any atom is -0.486 e. The predicted octanol–water partition coefficient (Wildman–Crippen LogP) is 5.21. The molecule has 0 aliphatic carbocycles. The molecule has 2 aromatic rings. The number of hydrogen-bond acceptors (Lipinski definition) is 2. The highest BCUT2D eigenvalue weighted by Crippen LogP contribution is 2.42. The van der Waals surface area contributed by atoms with E-state index in [1.807, 2.05) is 13.8 Å². The fraction of sp³-hybridized carbons (Fsp3) is 0.235. The van der Waals surface area contributed by atoms with E-state index in [1.165, 1.54) is 18.2 Å². The molecule has 1 aliphatic rings. The molecule has 0 aromatic heterocycles. The standard InChI is InChI=1S/C17H14BrClFNO2/c1-17(2)8-10-11(18)7-6-9(15(10)23-17)16(22)21-14-12(19)4-3-5-13(14)20/h3-7H,8H2,1-2H3,(H,21,22). The van der Waals surface area contributed by atoms with Gasteiger partial charge in [-0.2, -0.15) is 0 Å².